The summed E-state index contributed by atoms with van der Waals surface area (Å²) < 4.78 is 0. The third-order valence-electron chi connectivity index (χ3n) is 2.72. The molecule has 14 heavy (non-hydrogen) atoms. The molecule has 1 aliphatic heterocycles. The Bertz CT molecular complexity index is 152. The highest BCUT2D eigenvalue weighted by Gasteiger charge is 2.28. The van der Waals surface area contributed by atoms with Crippen LogP contribution in [0.1, 0.15) is 39.5 Å². The third-order valence-corrected chi connectivity index (χ3v) is 5.96. The second-order valence-corrected chi connectivity index (χ2v) is 6.75. The van der Waals surface area contributed by atoms with Crippen molar-refractivity contribution in [1.29, 1.82) is 0 Å². The van der Waals surface area contributed by atoms with Crippen LogP contribution in [0.15, 0.2) is 0 Å². The van der Waals surface area contributed by atoms with Crippen molar-refractivity contribution in [3.8, 4) is 0 Å². The number of rotatable bonds is 5. The fraction of sp³-hybridized carbons (Fsp3) is 1.00. The molecule has 1 saturated heterocycles. The molecular formula is C11H22OS2. The normalized spacial score (nSPS) is 30.2. The molecule has 84 valence electrons. The van der Waals surface area contributed by atoms with Crippen molar-refractivity contribution >= 4 is 23.5 Å². The van der Waals surface area contributed by atoms with Gasteiger partial charge >= 0.3 is 0 Å². The average molecular weight is 234 g/mol. The van der Waals surface area contributed by atoms with Gasteiger partial charge in [-0.25, -0.2) is 0 Å². The zero-order valence-electron chi connectivity index (χ0n) is 9.24. The van der Waals surface area contributed by atoms with Crippen LogP contribution in [-0.2, 0) is 0 Å². The number of thioether (sulfide) groups is 2. The molecule has 1 fully saturated rings. The molecule has 1 nitrogen and oxygen atoms in total. The molecule has 0 aromatic rings. The second-order valence-electron chi connectivity index (χ2n) is 3.97. The van der Waals surface area contributed by atoms with Gasteiger partial charge in [0.2, 0.25) is 0 Å². The molecule has 3 heteroatoms. The lowest BCUT2D eigenvalue weighted by atomic mass is 10.1. The minimum Gasteiger partial charge on any atom is -0.392 e. The number of aliphatic hydroxyl groups excluding tert-OH is 1. The monoisotopic (exact) mass is 234 g/mol. The van der Waals surface area contributed by atoms with Gasteiger partial charge in [-0.2, -0.15) is 23.5 Å². The van der Waals surface area contributed by atoms with Gasteiger partial charge in [-0.15, -0.1) is 0 Å². The van der Waals surface area contributed by atoms with Gasteiger partial charge in [0, 0.05) is 22.0 Å². The Morgan fingerprint density at radius 1 is 1.29 bits per heavy atom. The topological polar surface area (TPSA) is 20.2 Å². The minimum atomic E-state index is -0.0747. The molecule has 0 aliphatic carbocycles. The molecule has 3 atom stereocenters. The molecule has 0 radical (unpaired) electrons. The van der Waals surface area contributed by atoms with E-state index in [0.29, 0.717) is 10.5 Å². The van der Waals surface area contributed by atoms with Crippen LogP contribution in [0.4, 0.5) is 0 Å². The van der Waals surface area contributed by atoms with Crippen LogP contribution in [0, 0.1) is 0 Å². The van der Waals surface area contributed by atoms with Crippen molar-refractivity contribution < 1.29 is 5.11 Å². The predicted octanol–water partition coefficient (Wildman–Crippen LogP) is 3.16. The molecule has 1 heterocycles. The Morgan fingerprint density at radius 2 is 2.00 bits per heavy atom. The largest absolute Gasteiger partial charge is 0.392 e. The highest BCUT2D eigenvalue weighted by atomic mass is 32.2. The SMILES string of the molecule is CCCCCC(O)C1SCCSC1C. The number of unbranched alkanes of at least 4 members (excludes halogenated alkanes) is 2. The quantitative estimate of drug-likeness (QED) is 0.738. The summed E-state index contributed by atoms with van der Waals surface area (Å²) in [5.41, 5.74) is 0. The zero-order chi connectivity index (χ0) is 10.4. The highest BCUT2D eigenvalue weighted by molar-refractivity contribution is 8.07. The lowest BCUT2D eigenvalue weighted by Gasteiger charge is -2.31. The van der Waals surface area contributed by atoms with E-state index in [9.17, 15) is 5.11 Å². The standard InChI is InChI=1S/C11H22OS2/c1-3-4-5-6-10(12)11-9(2)13-7-8-14-11/h9-12H,3-8H2,1-2H3. The van der Waals surface area contributed by atoms with E-state index < -0.39 is 0 Å². The minimum absolute atomic E-state index is 0.0747. The molecule has 0 bridgehead atoms. The molecule has 1 aliphatic rings. The van der Waals surface area contributed by atoms with Crippen LogP contribution in [0.5, 0.6) is 0 Å². The first kappa shape index (κ1) is 12.7. The third kappa shape index (κ3) is 4.03. The summed E-state index contributed by atoms with van der Waals surface area (Å²) in [5.74, 6) is 2.47. The van der Waals surface area contributed by atoms with Crippen LogP contribution in [0.25, 0.3) is 0 Å². The Hall–Kier alpha value is 0.660. The second kappa shape index (κ2) is 7.02. The molecule has 1 rings (SSSR count). The first-order valence-electron chi connectivity index (χ1n) is 5.67. The van der Waals surface area contributed by atoms with E-state index >= 15 is 0 Å². The summed E-state index contributed by atoms with van der Waals surface area (Å²) in [6.45, 7) is 4.46. The molecular weight excluding hydrogens is 212 g/mol. The first-order valence-corrected chi connectivity index (χ1v) is 7.76. The van der Waals surface area contributed by atoms with Gasteiger partial charge in [0.25, 0.3) is 0 Å². The molecule has 0 aromatic carbocycles. The Morgan fingerprint density at radius 3 is 2.64 bits per heavy atom. The molecule has 0 amide bonds. The van der Waals surface area contributed by atoms with Gasteiger partial charge in [-0.3, -0.25) is 0 Å². The van der Waals surface area contributed by atoms with E-state index in [0.717, 1.165) is 6.42 Å². The predicted molar refractivity (Wildman–Crippen MR) is 68.3 cm³/mol. The zero-order valence-corrected chi connectivity index (χ0v) is 10.9. The number of aliphatic hydroxyl groups is 1. The maximum atomic E-state index is 10.0. The fourth-order valence-electron chi connectivity index (χ4n) is 1.84. The smallest absolute Gasteiger partial charge is 0.0669 e. The molecule has 3 unspecified atom stereocenters. The lowest BCUT2D eigenvalue weighted by Crippen LogP contribution is -2.34. The summed E-state index contributed by atoms with van der Waals surface area (Å²) in [5, 5.41) is 11.1. The van der Waals surface area contributed by atoms with Crippen LogP contribution < -0.4 is 0 Å². The maximum absolute atomic E-state index is 10.0. The van der Waals surface area contributed by atoms with Crippen LogP contribution in [0.3, 0.4) is 0 Å². The van der Waals surface area contributed by atoms with Crippen LogP contribution >= 0.6 is 23.5 Å². The van der Waals surface area contributed by atoms with Gasteiger partial charge in [0.05, 0.1) is 6.10 Å². The van der Waals surface area contributed by atoms with E-state index in [4.69, 9.17) is 0 Å². The van der Waals surface area contributed by atoms with Gasteiger partial charge in [-0.05, 0) is 6.42 Å². The number of hydrogen-bond acceptors (Lipinski definition) is 3. The van der Waals surface area contributed by atoms with Gasteiger partial charge in [0.15, 0.2) is 0 Å². The van der Waals surface area contributed by atoms with Crippen molar-refractivity contribution in [3.63, 3.8) is 0 Å². The van der Waals surface area contributed by atoms with E-state index in [1.165, 1.54) is 30.8 Å². The molecule has 1 N–H and O–H groups in total. The summed E-state index contributed by atoms with van der Waals surface area (Å²) in [6, 6.07) is 0. The van der Waals surface area contributed by atoms with Crippen molar-refractivity contribution in [1.82, 2.24) is 0 Å². The Labute approximate surface area is 96.4 Å². The van der Waals surface area contributed by atoms with Gasteiger partial charge < -0.3 is 5.11 Å². The van der Waals surface area contributed by atoms with Crippen molar-refractivity contribution in [2.45, 2.75) is 56.1 Å². The number of hydrogen-bond donors (Lipinski definition) is 1. The Balaban J connectivity index is 2.23. The average Bonchev–Trinajstić information content (AvgIpc) is 2.18. The summed E-state index contributed by atoms with van der Waals surface area (Å²) >= 11 is 3.98. The van der Waals surface area contributed by atoms with Crippen molar-refractivity contribution in [3.05, 3.63) is 0 Å². The molecule has 0 saturated carbocycles. The summed E-state index contributed by atoms with van der Waals surface area (Å²) in [6.07, 6.45) is 4.61. The Kier molecular flexibility index (Phi) is 6.38. The van der Waals surface area contributed by atoms with Gasteiger partial charge in [0.1, 0.15) is 0 Å². The summed E-state index contributed by atoms with van der Waals surface area (Å²) in [7, 11) is 0. The maximum Gasteiger partial charge on any atom is 0.0669 e. The summed E-state index contributed by atoms with van der Waals surface area (Å²) in [4.78, 5) is 0. The molecule has 0 spiro atoms. The molecule has 0 aromatic heterocycles. The van der Waals surface area contributed by atoms with E-state index in [-0.39, 0.29) is 6.10 Å². The van der Waals surface area contributed by atoms with Crippen molar-refractivity contribution in [2.24, 2.45) is 0 Å². The van der Waals surface area contributed by atoms with E-state index in [2.05, 4.69) is 13.8 Å². The van der Waals surface area contributed by atoms with E-state index in [1.807, 2.05) is 23.5 Å². The lowest BCUT2D eigenvalue weighted by molar-refractivity contribution is 0.157. The van der Waals surface area contributed by atoms with Gasteiger partial charge in [-0.1, -0.05) is 33.1 Å². The fourth-order valence-corrected chi connectivity index (χ4v) is 4.73. The van der Waals surface area contributed by atoms with E-state index in [1.54, 1.807) is 0 Å². The highest BCUT2D eigenvalue weighted by Crippen LogP contribution is 2.34. The first-order chi connectivity index (χ1) is 6.75. The van der Waals surface area contributed by atoms with Crippen LogP contribution in [0.2, 0.25) is 0 Å². The van der Waals surface area contributed by atoms with Crippen LogP contribution in [-0.4, -0.2) is 33.2 Å². The van der Waals surface area contributed by atoms with Crippen molar-refractivity contribution in [2.75, 3.05) is 11.5 Å².